The highest BCUT2D eigenvalue weighted by atomic mass is 35.5. The first-order chi connectivity index (χ1) is 13.8. The van der Waals surface area contributed by atoms with Crippen molar-refractivity contribution < 1.29 is 4.79 Å². The van der Waals surface area contributed by atoms with Crippen molar-refractivity contribution in [2.45, 2.75) is 37.4 Å². The van der Waals surface area contributed by atoms with Crippen LogP contribution in [0.1, 0.15) is 29.2 Å². The number of benzene rings is 2. The number of hydrogen-bond donors (Lipinski definition) is 3. The molecule has 4 atom stereocenters. The summed E-state index contributed by atoms with van der Waals surface area (Å²) in [4.78, 5) is 15.8. The Morgan fingerprint density at radius 2 is 1.83 bits per heavy atom. The van der Waals surface area contributed by atoms with Crippen LogP contribution < -0.4 is 16.2 Å². The number of rotatable bonds is 3. The third-order valence-electron chi connectivity index (χ3n) is 6.61. The maximum atomic E-state index is 13.7. The number of hydrogen-bond acceptors (Lipinski definition) is 4. The smallest absolute Gasteiger partial charge is 0.241 e. The number of amides is 1. The highest BCUT2D eigenvalue weighted by Crippen LogP contribution is 2.34. The van der Waals surface area contributed by atoms with Gasteiger partial charge in [0.25, 0.3) is 0 Å². The summed E-state index contributed by atoms with van der Waals surface area (Å²) in [6.07, 6.45) is 2.85. The van der Waals surface area contributed by atoms with Gasteiger partial charge in [0.2, 0.25) is 5.91 Å². The summed E-state index contributed by atoms with van der Waals surface area (Å²) >= 11 is 0. The Morgan fingerprint density at radius 1 is 1.03 bits per heavy atom. The Bertz CT molecular complexity index is 846. The Labute approximate surface area is 178 Å². The van der Waals surface area contributed by atoms with E-state index in [0.29, 0.717) is 12.0 Å². The van der Waals surface area contributed by atoms with Crippen molar-refractivity contribution in [3.05, 3.63) is 71.3 Å². The van der Waals surface area contributed by atoms with E-state index in [-0.39, 0.29) is 30.4 Å². The van der Waals surface area contributed by atoms with E-state index < -0.39 is 0 Å². The molecule has 4 unspecified atom stereocenters. The third-order valence-corrected chi connectivity index (χ3v) is 6.61. The molecule has 0 saturated carbocycles. The standard InChI is InChI=1S/C23H28N4O.ClH/c28-23(22-19-15-24-12-10-20(19)25-26-22)27-13-11-17-8-4-5-9-18(17)21(27)14-16-6-2-1-3-7-16;/h1-9,19-22,24-26H,10-15H2;1H. The molecule has 2 fully saturated rings. The molecule has 0 aliphatic carbocycles. The predicted molar refractivity (Wildman–Crippen MR) is 117 cm³/mol. The third kappa shape index (κ3) is 3.92. The molecule has 2 saturated heterocycles. The highest BCUT2D eigenvalue weighted by Gasteiger charge is 2.44. The SMILES string of the molecule is Cl.O=C(C1NNC2CCNCC21)N1CCc2ccccc2C1Cc1ccccc1. The second kappa shape index (κ2) is 8.84. The van der Waals surface area contributed by atoms with Crippen LogP contribution in [0.5, 0.6) is 0 Å². The molecule has 0 radical (unpaired) electrons. The maximum Gasteiger partial charge on any atom is 0.241 e. The fourth-order valence-corrected chi connectivity index (χ4v) is 5.11. The van der Waals surface area contributed by atoms with E-state index in [0.717, 1.165) is 38.9 Å². The van der Waals surface area contributed by atoms with E-state index >= 15 is 0 Å². The van der Waals surface area contributed by atoms with Crippen molar-refractivity contribution in [3.8, 4) is 0 Å². The zero-order valence-electron chi connectivity index (χ0n) is 16.5. The average Bonchev–Trinajstić information content (AvgIpc) is 3.18. The van der Waals surface area contributed by atoms with Gasteiger partial charge in [0.05, 0.1) is 6.04 Å². The molecule has 154 valence electrons. The molecule has 3 aliphatic heterocycles. The van der Waals surface area contributed by atoms with Crippen molar-refractivity contribution in [2.75, 3.05) is 19.6 Å². The fourth-order valence-electron chi connectivity index (χ4n) is 5.11. The van der Waals surface area contributed by atoms with E-state index in [1.807, 2.05) is 6.07 Å². The van der Waals surface area contributed by atoms with Gasteiger partial charge in [-0.1, -0.05) is 54.6 Å². The lowest BCUT2D eigenvalue weighted by atomic mass is 9.85. The van der Waals surface area contributed by atoms with E-state index in [1.54, 1.807) is 0 Å². The quantitative estimate of drug-likeness (QED) is 0.723. The first-order valence-corrected chi connectivity index (χ1v) is 10.5. The monoisotopic (exact) mass is 412 g/mol. The van der Waals surface area contributed by atoms with Crippen molar-refractivity contribution in [3.63, 3.8) is 0 Å². The molecule has 6 heteroatoms. The van der Waals surface area contributed by atoms with Crippen LogP contribution in [0, 0.1) is 5.92 Å². The lowest BCUT2D eigenvalue weighted by molar-refractivity contribution is -0.137. The molecule has 3 heterocycles. The molecular formula is C23H29ClN4O. The van der Waals surface area contributed by atoms with Gasteiger partial charge in [0.1, 0.15) is 6.04 Å². The van der Waals surface area contributed by atoms with Crippen LogP contribution in [-0.2, 0) is 17.6 Å². The Balaban J connectivity index is 0.00000205. The van der Waals surface area contributed by atoms with Gasteiger partial charge in [-0.2, -0.15) is 0 Å². The van der Waals surface area contributed by atoms with Gasteiger partial charge < -0.3 is 10.2 Å². The van der Waals surface area contributed by atoms with Gasteiger partial charge in [-0.25, -0.2) is 5.43 Å². The number of carbonyl (C=O) groups excluding carboxylic acids is 1. The molecule has 29 heavy (non-hydrogen) atoms. The average molecular weight is 413 g/mol. The predicted octanol–water partition coefficient (Wildman–Crippen LogP) is 2.23. The van der Waals surface area contributed by atoms with Crippen molar-refractivity contribution in [2.24, 2.45) is 5.92 Å². The topological polar surface area (TPSA) is 56.4 Å². The number of hydrazine groups is 1. The van der Waals surface area contributed by atoms with E-state index in [1.165, 1.54) is 16.7 Å². The molecule has 3 N–H and O–H groups in total. The fraction of sp³-hybridized carbons (Fsp3) is 0.435. The number of fused-ring (bicyclic) bond motifs is 2. The summed E-state index contributed by atoms with van der Waals surface area (Å²) in [5.41, 5.74) is 10.7. The summed E-state index contributed by atoms with van der Waals surface area (Å²) in [6, 6.07) is 19.5. The van der Waals surface area contributed by atoms with Crippen molar-refractivity contribution in [1.29, 1.82) is 0 Å². The zero-order chi connectivity index (χ0) is 18.9. The minimum atomic E-state index is -0.152. The minimum Gasteiger partial charge on any atom is -0.334 e. The van der Waals surface area contributed by atoms with Crippen LogP contribution in [0.15, 0.2) is 54.6 Å². The van der Waals surface area contributed by atoms with Gasteiger partial charge in [-0.3, -0.25) is 10.2 Å². The molecule has 5 nitrogen and oxygen atoms in total. The minimum absolute atomic E-state index is 0. The van der Waals surface area contributed by atoms with Crippen LogP contribution in [0.3, 0.4) is 0 Å². The van der Waals surface area contributed by atoms with Crippen LogP contribution in [0.2, 0.25) is 0 Å². The molecule has 5 rings (SSSR count). The molecule has 0 spiro atoms. The molecule has 2 aromatic rings. The second-order valence-electron chi connectivity index (χ2n) is 8.22. The van der Waals surface area contributed by atoms with Gasteiger partial charge in [0.15, 0.2) is 0 Å². The second-order valence-corrected chi connectivity index (χ2v) is 8.22. The van der Waals surface area contributed by atoms with Crippen LogP contribution in [-0.4, -0.2) is 42.5 Å². The van der Waals surface area contributed by atoms with Gasteiger partial charge >= 0.3 is 0 Å². The van der Waals surface area contributed by atoms with E-state index in [2.05, 4.69) is 69.6 Å². The molecule has 0 bridgehead atoms. The van der Waals surface area contributed by atoms with Crippen LogP contribution in [0.25, 0.3) is 0 Å². The Kier molecular flexibility index (Phi) is 6.20. The van der Waals surface area contributed by atoms with Gasteiger partial charge in [-0.05, 0) is 42.5 Å². The van der Waals surface area contributed by atoms with E-state index in [4.69, 9.17) is 0 Å². The summed E-state index contributed by atoms with van der Waals surface area (Å²) < 4.78 is 0. The normalized spacial score (nSPS) is 28.2. The highest BCUT2D eigenvalue weighted by molar-refractivity contribution is 5.85. The number of piperidine rings is 1. The molecule has 2 aromatic carbocycles. The largest absolute Gasteiger partial charge is 0.334 e. The first kappa shape index (κ1) is 20.4. The molecule has 0 aromatic heterocycles. The number of nitrogens with one attached hydrogen (secondary N) is 3. The summed E-state index contributed by atoms with van der Waals surface area (Å²) in [5, 5.41) is 3.46. The zero-order valence-corrected chi connectivity index (χ0v) is 17.3. The number of nitrogens with zero attached hydrogens (tertiary/aromatic N) is 1. The van der Waals surface area contributed by atoms with Crippen molar-refractivity contribution in [1.82, 2.24) is 21.1 Å². The lowest BCUT2D eigenvalue weighted by Crippen LogP contribution is -2.53. The number of halogens is 1. The summed E-state index contributed by atoms with van der Waals surface area (Å²) in [6.45, 7) is 2.70. The summed E-state index contributed by atoms with van der Waals surface area (Å²) in [5.74, 6) is 0.551. The van der Waals surface area contributed by atoms with Crippen LogP contribution >= 0.6 is 12.4 Å². The Hall–Kier alpha value is -1.92. The number of carbonyl (C=O) groups is 1. The Morgan fingerprint density at radius 3 is 2.69 bits per heavy atom. The van der Waals surface area contributed by atoms with Crippen LogP contribution in [0.4, 0.5) is 0 Å². The van der Waals surface area contributed by atoms with E-state index in [9.17, 15) is 4.79 Å². The van der Waals surface area contributed by atoms with Crippen molar-refractivity contribution >= 4 is 18.3 Å². The van der Waals surface area contributed by atoms with Gasteiger partial charge in [-0.15, -0.1) is 12.4 Å². The van der Waals surface area contributed by atoms with Gasteiger partial charge in [0, 0.05) is 25.0 Å². The molecular weight excluding hydrogens is 384 g/mol. The lowest BCUT2D eigenvalue weighted by Gasteiger charge is -2.40. The first-order valence-electron chi connectivity index (χ1n) is 10.5. The molecule has 1 amide bonds. The summed E-state index contributed by atoms with van der Waals surface area (Å²) in [7, 11) is 0. The maximum absolute atomic E-state index is 13.7. The molecule has 3 aliphatic rings.